The van der Waals surface area contributed by atoms with E-state index in [2.05, 4.69) is 21.6 Å². The van der Waals surface area contributed by atoms with E-state index in [1.54, 1.807) is 12.1 Å². The van der Waals surface area contributed by atoms with Crippen molar-refractivity contribution in [2.75, 3.05) is 25.0 Å². The van der Waals surface area contributed by atoms with Crippen molar-refractivity contribution in [2.45, 2.75) is 24.8 Å². The van der Waals surface area contributed by atoms with Gasteiger partial charge in [0.2, 0.25) is 0 Å². The zero-order valence-corrected chi connectivity index (χ0v) is 19.0. The van der Waals surface area contributed by atoms with Gasteiger partial charge in [0.25, 0.3) is 0 Å². The minimum atomic E-state index is -0.222. The summed E-state index contributed by atoms with van der Waals surface area (Å²) in [5.74, 6) is 0.889. The van der Waals surface area contributed by atoms with Crippen LogP contribution in [0.15, 0.2) is 60.7 Å². The third-order valence-electron chi connectivity index (χ3n) is 6.84. The van der Waals surface area contributed by atoms with Crippen LogP contribution in [0.5, 0.6) is 0 Å². The van der Waals surface area contributed by atoms with Crippen molar-refractivity contribution in [3.8, 4) is 11.3 Å². The van der Waals surface area contributed by atoms with Crippen molar-refractivity contribution in [2.24, 2.45) is 13.0 Å². The molecule has 1 aromatic heterocycles. The van der Waals surface area contributed by atoms with E-state index in [-0.39, 0.29) is 5.82 Å². The third-order valence-corrected chi connectivity index (χ3v) is 7.09. The number of hydrogen-bond acceptors (Lipinski definition) is 3. The van der Waals surface area contributed by atoms with Gasteiger partial charge in [-0.1, -0.05) is 18.2 Å². The number of fused-ring (bicyclic) bond motifs is 3. The van der Waals surface area contributed by atoms with Crippen LogP contribution in [0.3, 0.4) is 0 Å². The van der Waals surface area contributed by atoms with Gasteiger partial charge in [-0.05, 0) is 80.0 Å². The number of aryl methyl sites for hydroxylation is 1. The monoisotopic (exact) mass is 449 g/mol. The summed E-state index contributed by atoms with van der Waals surface area (Å²) in [4.78, 5) is 2.59. The Morgan fingerprint density at radius 3 is 2.66 bits per heavy atom. The Kier molecular flexibility index (Phi) is 5.93. The molecule has 6 rings (SSSR count). The number of anilines is 1. The van der Waals surface area contributed by atoms with E-state index in [0.29, 0.717) is 23.0 Å². The largest absolute Gasteiger partial charge is 0.361 e. The highest BCUT2D eigenvalue weighted by atomic mass is 32.1. The molecule has 3 aliphatic heterocycles. The molecule has 2 N–H and O–H groups in total. The van der Waals surface area contributed by atoms with E-state index >= 15 is 0 Å². The van der Waals surface area contributed by atoms with Gasteiger partial charge in [-0.25, -0.2) is 4.39 Å². The summed E-state index contributed by atoms with van der Waals surface area (Å²) in [5.41, 5.74) is 4.14. The summed E-state index contributed by atoms with van der Waals surface area (Å²) in [6.07, 6.45) is 2.37. The number of hydrogen-bond donors (Lipinski definition) is 2. The third kappa shape index (κ3) is 4.40. The standard InChI is InChI=1S/C25H28FN5S/c1-30-24(14-23(29-30)17-7-9-19(26)10-8-17)22-16-31-12-11-18(22)13-21(31)15-27-25(32)28-20-5-3-2-4-6-20/h2-10,14,18,21-22H,11-13,15-16H2,1H3,(H2,27,28,32)/t18-,21+,22-/m0/s1. The number of aromatic nitrogens is 2. The molecule has 4 heterocycles. The van der Waals surface area contributed by atoms with Gasteiger partial charge in [-0.3, -0.25) is 9.58 Å². The SMILES string of the molecule is Cn1nc(-c2ccc(F)cc2)cc1[C@H]1CN2CC[C@H]1C[C@@H]2CNC(=S)Nc1ccccc1. The highest BCUT2D eigenvalue weighted by Crippen LogP contribution is 2.42. The summed E-state index contributed by atoms with van der Waals surface area (Å²) in [6, 6.07) is 19.3. The first-order valence-electron chi connectivity index (χ1n) is 11.2. The average Bonchev–Trinajstić information content (AvgIpc) is 3.20. The fraction of sp³-hybridized carbons (Fsp3) is 0.360. The minimum absolute atomic E-state index is 0.222. The van der Waals surface area contributed by atoms with Crippen LogP contribution in [0.25, 0.3) is 11.3 Å². The lowest BCUT2D eigenvalue weighted by atomic mass is 9.74. The zero-order chi connectivity index (χ0) is 22.1. The summed E-state index contributed by atoms with van der Waals surface area (Å²) in [5, 5.41) is 12.1. The second-order valence-corrected chi connectivity index (χ2v) is 9.23. The molecule has 0 aliphatic carbocycles. The van der Waals surface area contributed by atoms with Crippen LogP contribution in [-0.4, -0.2) is 45.5 Å². The first-order valence-corrected chi connectivity index (χ1v) is 11.6. The highest BCUT2D eigenvalue weighted by molar-refractivity contribution is 7.80. The van der Waals surface area contributed by atoms with E-state index in [1.165, 1.54) is 24.2 Å². The molecule has 0 spiro atoms. The zero-order valence-electron chi connectivity index (χ0n) is 18.2. The summed E-state index contributed by atoms with van der Waals surface area (Å²) in [7, 11) is 2.02. The molecule has 32 heavy (non-hydrogen) atoms. The molecule has 0 amide bonds. The predicted molar refractivity (Wildman–Crippen MR) is 130 cm³/mol. The van der Waals surface area contributed by atoms with Gasteiger partial charge in [0.15, 0.2) is 5.11 Å². The Morgan fingerprint density at radius 2 is 1.94 bits per heavy atom. The Balaban J connectivity index is 1.22. The van der Waals surface area contributed by atoms with Crippen LogP contribution in [0, 0.1) is 11.7 Å². The molecule has 2 aromatic carbocycles. The fourth-order valence-corrected chi connectivity index (χ4v) is 5.38. The summed E-state index contributed by atoms with van der Waals surface area (Å²) < 4.78 is 15.3. The van der Waals surface area contributed by atoms with Crippen LogP contribution >= 0.6 is 12.2 Å². The van der Waals surface area contributed by atoms with Crippen molar-refractivity contribution < 1.29 is 4.39 Å². The van der Waals surface area contributed by atoms with Gasteiger partial charge in [0.05, 0.1) is 5.69 Å². The average molecular weight is 450 g/mol. The number of benzene rings is 2. The molecular weight excluding hydrogens is 421 g/mol. The molecule has 4 atom stereocenters. The molecule has 166 valence electrons. The molecule has 1 unspecified atom stereocenters. The van der Waals surface area contributed by atoms with Crippen molar-refractivity contribution in [1.82, 2.24) is 20.0 Å². The predicted octanol–water partition coefficient (Wildman–Crippen LogP) is 4.39. The maximum atomic E-state index is 13.3. The number of rotatable bonds is 5. The number of thiocarbonyl (C=S) groups is 1. The molecule has 3 fully saturated rings. The Bertz CT molecular complexity index is 1080. The van der Waals surface area contributed by atoms with Gasteiger partial charge in [-0.2, -0.15) is 5.10 Å². The van der Waals surface area contributed by atoms with Crippen LogP contribution < -0.4 is 10.6 Å². The highest BCUT2D eigenvalue weighted by Gasteiger charge is 2.41. The smallest absolute Gasteiger partial charge is 0.170 e. The number of piperidine rings is 3. The topological polar surface area (TPSA) is 45.1 Å². The Labute approximate surface area is 193 Å². The first kappa shape index (κ1) is 21.1. The molecule has 7 heteroatoms. The molecule has 3 saturated heterocycles. The van der Waals surface area contributed by atoms with Gasteiger partial charge in [0, 0.05) is 49.0 Å². The molecule has 2 bridgehead atoms. The van der Waals surface area contributed by atoms with E-state index in [1.807, 2.05) is 42.1 Å². The van der Waals surface area contributed by atoms with Crippen LogP contribution in [-0.2, 0) is 7.05 Å². The van der Waals surface area contributed by atoms with Gasteiger partial charge in [-0.15, -0.1) is 0 Å². The fourth-order valence-electron chi connectivity index (χ4n) is 5.18. The lowest BCUT2D eigenvalue weighted by Gasteiger charge is -2.50. The quantitative estimate of drug-likeness (QED) is 0.566. The maximum absolute atomic E-state index is 13.3. The summed E-state index contributed by atoms with van der Waals surface area (Å²) in [6.45, 7) is 3.03. The number of nitrogens with one attached hydrogen (secondary N) is 2. The minimum Gasteiger partial charge on any atom is -0.361 e. The van der Waals surface area contributed by atoms with Crippen LogP contribution in [0.2, 0.25) is 0 Å². The van der Waals surface area contributed by atoms with Gasteiger partial charge < -0.3 is 10.6 Å². The molecule has 5 nitrogen and oxygen atoms in total. The van der Waals surface area contributed by atoms with Crippen molar-refractivity contribution in [3.63, 3.8) is 0 Å². The summed E-state index contributed by atoms with van der Waals surface area (Å²) >= 11 is 5.49. The van der Waals surface area contributed by atoms with E-state index in [4.69, 9.17) is 17.3 Å². The number of halogens is 1. The number of para-hydroxylation sites is 1. The molecule has 0 radical (unpaired) electrons. The molecule has 3 aliphatic rings. The molecule has 0 saturated carbocycles. The van der Waals surface area contributed by atoms with E-state index < -0.39 is 0 Å². The first-order chi connectivity index (χ1) is 15.6. The lowest BCUT2D eigenvalue weighted by molar-refractivity contribution is 0.0303. The Hall–Kier alpha value is -2.77. The van der Waals surface area contributed by atoms with Crippen molar-refractivity contribution >= 4 is 23.0 Å². The van der Waals surface area contributed by atoms with Gasteiger partial charge >= 0.3 is 0 Å². The van der Waals surface area contributed by atoms with Crippen molar-refractivity contribution in [3.05, 3.63) is 72.2 Å². The molecule has 3 aromatic rings. The molecular formula is C25H28FN5S. The van der Waals surface area contributed by atoms with E-state index in [0.717, 1.165) is 43.0 Å². The number of nitrogens with zero attached hydrogens (tertiary/aromatic N) is 3. The normalized spacial score (nSPS) is 24.3. The van der Waals surface area contributed by atoms with Gasteiger partial charge in [0.1, 0.15) is 5.82 Å². The Morgan fingerprint density at radius 1 is 1.16 bits per heavy atom. The second-order valence-electron chi connectivity index (χ2n) is 8.83. The lowest BCUT2D eigenvalue weighted by Crippen LogP contribution is -2.56. The maximum Gasteiger partial charge on any atom is 0.170 e. The van der Waals surface area contributed by atoms with Crippen molar-refractivity contribution in [1.29, 1.82) is 0 Å². The van der Waals surface area contributed by atoms with Crippen LogP contribution in [0.4, 0.5) is 10.1 Å². The van der Waals surface area contributed by atoms with E-state index in [9.17, 15) is 4.39 Å². The van der Waals surface area contributed by atoms with Crippen LogP contribution in [0.1, 0.15) is 24.5 Å². The second kappa shape index (κ2) is 9.00.